The van der Waals surface area contributed by atoms with Crippen molar-refractivity contribution in [2.24, 2.45) is 0 Å². The van der Waals surface area contributed by atoms with Crippen LogP contribution in [0, 0.1) is 0 Å². The number of fused-ring (bicyclic) bond motifs is 5. The van der Waals surface area contributed by atoms with Gasteiger partial charge in [0.05, 0.1) is 28.8 Å². The van der Waals surface area contributed by atoms with Gasteiger partial charge < -0.3 is 19.9 Å². The summed E-state index contributed by atoms with van der Waals surface area (Å²) in [7, 11) is 0. The zero-order valence-electron chi connectivity index (χ0n) is 23.0. The molecule has 0 spiro atoms. The maximum Gasteiger partial charge on any atom is 0.318 e. The lowest BCUT2D eigenvalue weighted by atomic mass is 9.95. The fourth-order valence-electron chi connectivity index (χ4n) is 8.06. The number of alkyl halides is 2. The quantitative estimate of drug-likeness (QED) is 0.470. The number of ether oxygens (including phenoxy) is 1. The van der Waals surface area contributed by atoms with E-state index in [1.54, 1.807) is 0 Å². The highest BCUT2D eigenvalue weighted by molar-refractivity contribution is 6.36. The van der Waals surface area contributed by atoms with E-state index < -0.39 is 12.3 Å². The molecule has 3 aromatic rings. The van der Waals surface area contributed by atoms with Crippen LogP contribution in [-0.2, 0) is 13.0 Å². The standard InChI is InChI=1S/C31H35ClF2N6O/c32-23-6-1-4-19-5-2-7-27(28(19)23)38-11-8-22-25(16-38)36-30(41-18-31-9-3-10-40(31)14-20(33)13-31)37-29(22)39-15-21-12-24(34)26(17-39)35-21/h1-2,4-7,20-21,24,26,35H,3,8-18H2. The summed E-state index contributed by atoms with van der Waals surface area (Å²) in [5.41, 5.74) is 2.85. The van der Waals surface area contributed by atoms with Crippen molar-refractivity contribution in [3.63, 3.8) is 0 Å². The lowest BCUT2D eigenvalue weighted by molar-refractivity contribution is 0.107. The molecule has 5 aliphatic rings. The topological polar surface area (TPSA) is 56.8 Å². The maximum absolute atomic E-state index is 14.6. The van der Waals surface area contributed by atoms with E-state index in [9.17, 15) is 8.78 Å². The van der Waals surface area contributed by atoms with Crippen LogP contribution in [0.25, 0.3) is 10.8 Å². The summed E-state index contributed by atoms with van der Waals surface area (Å²) in [6.07, 6.45) is 2.14. The Bertz CT molecular complexity index is 1490. The van der Waals surface area contributed by atoms with Crippen molar-refractivity contribution in [2.45, 2.75) is 68.6 Å². The molecule has 0 saturated carbocycles. The molecule has 7 nitrogen and oxygen atoms in total. The summed E-state index contributed by atoms with van der Waals surface area (Å²) in [6, 6.07) is 12.5. The molecule has 0 amide bonds. The minimum Gasteiger partial charge on any atom is -0.461 e. The smallest absolute Gasteiger partial charge is 0.318 e. The third kappa shape index (κ3) is 4.43. The predicted octanol–water partition coefficient (Wildman–Crippen LogP) is 4.69. The fraction of sp³-hybridized carbons (Fsp3) is 0.548. The van der Waals surface area contributed by atoms with Gasteiger partial charge in [0.15, 0.2) is 0 Å². The van der Waals surface area contributed by atoms with Crippen LogP contribution in [0.15, 0.2) is 36.4 Å². The highest BCUT2D eigenvalue weighted by Gasteiger charge is 2.49. The number of rotatable bonds is 5. The highest BCUT2D eigenvalue weighted by atomic mass is 35.5. The van der Waals surface area contributed by atoms with Gasteiger partial charge >= 0.3 is 6.01 Å². The summed E-state index contributed by atoms with van der Waals surface area (Å²) in [5, 5.41) is 6.30. The Labute approximate surface area is 243 Å². The third-order valence-electron chi connectivity index (χ3n) is 9.98. The Hall–Kier alpha value is -2.75. The SMILES string of the molecule is FC1CN2CCCC2(COc2nc3c(c(N4CC5CC(F)C(C4)N5)n2)CCN(c2cccc4cccc(Cl)c24)C3)C1. The molecule has 4 fully saturated rings. The van der Waals surface area contributed by atoms with Crippen molar-refractivity contribution in [3.8, 4) is 6.01 Å². The van der Waals surface area contributed by atoms with Gasteiger partial charge in [0, 0.05) is 55.3 Å². The predicted molar refractivity (Wildman–Crippen MR) is 157 cm³/mol. The van der Waals surface area contributed by atoms with Gasteiger partial charge in [-0.2, -0.15) is 9.97 Å². The number of benzene rings is 2. The number of aromatic nitrogens is 2. The zero-order chi connectivity index (χ0) is 27.7. The Kier molecular flexibility index (Phi) is 6.27. The molecule has 4 saturated heterocycles. The first-order valence-electron chi connectivity index (χ1n) is 14.9. The summed E-state index contributed by atoms with van der Waals surface area (Å²) in [6.45, 7) is 4.46. The second-order valence-corrected chi connectivity index (χ2v) is 12.9. The molecule has 5 aliphatic heterocycles. The summed E-state index contributed by atoms with van der Waals surface area (Å²) < 4.78 is 35.4. The minimum atomic E-state index is -0.839. The van der Waals surface area contributed by atoms with Crippen molar-refractivity contribution >= 4 is 33.9 Å². The van der Waals surface area contributed by atoms with E-state index in [4.69, 9.17) is 26.3 Å². The average Bonchev–Trinajstić information content (AvgIpc) is 3.59. The van der Waals surface area contributed by atoms with Crippen LogP contribution < -0.4 is 19.9 Å². The molecule has 2 bridgehead atoms. The van der Waals surface area contributed by atoms with Crippen molar-refractivity contribution in [2.75, 3.05) is 49.1 Å². The van der Waals surface area contributed by atoms with Gasteiger partial charge in [-0.05, 0) is 49.7 Å². The van der Waals surface area contributed by atoms with Gasteiger partial charge in [-0.1, -0.05) is 35.9 Å². The van der Waals surface area contributed by atoms with Crippen molar-refractivity contribution < 1.29 is 13.5 Å². The van der Waals surface area contributed by atoms with E-state index in [0.717, 1.165) is 70.9 Å². The molecule has 1 N–H and O–H groups in total. The van der Waals surface area contributed by atoms with Crippen LogP contribution in [-0.4, -0.2) is 84.2 Å². The van der Waals surface area contributed by atoms with Crippen molar-refractivity contribution in [3.05, 3.63) is 52.7 Å². The third-order valence-corrected chi connectivity index (χ3v) is 10.3. The molecule has 5 atom stereocenters. The minimum absolute atomic E-state index is 0.113. The molecular formula is C31H35ClF2N6O. The molecule has 41 heavy (non-hydrogen) atoms. The van der Waals surface area contributed by atoms with Gasteiger partial charge in [-0.15, -0.1) is 0 Å². The van der Waals surface area contributed by atoms with E-state index >= 15 is 0 Å². The van der Waals surface area contributed by atoms with Crippen LogP contribution in [0.1, 0.15) is 36.9 Å². The van der Waals surface area contributed by atoms with Gasteiger partial charge in [0.1, 0.15) is 24.8 Å². The molecule has 5 unspecified atom stereocenters. The van der Waals surface area contributed by atoms with E-state index in [2.05, 4.69) is 44.3 Å². The van der Waals surface area contributed by atoms with Crippen LogP contribution in [0.2, 0.25) is 5.02 Å². The molecule has 10 heteroatoms. The largest absolute Gasteiger partial charge is 0.461 e. The molecule has 0 radical (unpaired) electrons. The normalized spacial score (nSPS) is 31.1. The highest BCUT2D eigenvalue weighted by Crippen LogP contribution is 2.41. The Morgan fingerprint density at radius 3 is 2.80 bits per heavy atom. The van der Waals surface area contributed by atoms with Gasteiger partial charge in [-0.3, -0.25) is 4.90 Å². The second kappa shape index (κ2) is 9.92. The molecular weight excluding hydrogens is 546 g/mol. The maximum atomic E-state index is 14.6. The average molecular weight is 581 g/mol. The van der Waals surface area contributed by atoms with Gasteiger partial charge in [0.2, 0.25) is 0 Å². The van der Waals surface area contributed by atoms with Crippen molar-refractivity contribution in [1.82, 2.24) is 20.2 Å². The number of nitrogens with one attached hydrogen (secondary N) is 1. The summed E-state index contributed by atoms with van der Waals surface area (Å²) in [5.74, 6) is 0.863. The first-order chi connectivity index (χ1) is 20.0. The zero-order valence-corrected chi connectivity index (χ0v) is 23.8. The first-order valence-corrected chi connectivity index (χ1v) is 15.3. The number of anilines is 2. The molecule has 1 aromatic heterocycles. The number of nitrogens with zero attached hydrogens (tertiary/aromatic N) is 5. The summed E-state index contributed by atoms with van der Waals surface area (Å²) in [4.78, 5) is 16.8. The van der Waals surface area contributed by atoms with Crippen LogP contribution >= 0.6 is 11.6 Å². The van der Waals surface area contributed by atoms with Crippen molar-refractivity contribution in [1.29, 1.82) is 0 Å². The number of halogens is 3. The molecule has 6 heterocycles. The van der Waals surface area contributed by atoms with E-state index in [1.165, 1.54) is 0 Å². The fourth-order valence-corrected chi connectivity index (χ4v) is 8.34. The molecule has 8 rings (SSSR count). The van der Waals surface area contributed by atoms with Crippen LogP contribution in [0.3, 0.4) is 0 Å². The van der Waals surface area contributed by atoms with Crippen LogP contribution in [0.4, 0.5) is 20.3 Å². The molecule has 2 aromatic carbocycles. The van der Waals surface area contributed by atoms with E-state index in [0.29, 0.717) is 51.6 Å². The lowest BCUT2D eigenvalue weighted by Gasteiger charge is -2.38. The lowest BCUT2D eigenvalue weighted by Crippen LogP contribution is -2.53. The first kappa shape index (κ1) is 25.9. The number of hydrogen-bond donors (Lipinski definition) is 1. The number of hydrogen-bond acceptors (Lipinski definition) is 7. The Balaban J connectivity index is 1.14. The Morgan fingerprint density at radius 1 is 1.05 bits per heavy atom. The van der Waals surface area contributed by atoms with Gasteiger partial charge in [-0.25, -0.2) is 8.78 Å². The Morgan fingerprint density at radius 2 is 1.93 bits per heavy atom. The monoisotopic (exact) mass is 580 g/mol. The van der Waals surface area contributed by atoms with Crippen LogP contribution in [0.5, 0.6) is 6.01 Å². The molecule has 216 valence electrons. The number of piperazine rings is 1. The molecule has 0 aliphatic carbocycles. The summed E-state index contributed by atoms with van der Waals surface area (Å²) >= 11 is 6.69. The van der Waals surface area contributed by atoms with E-state index in [1.807, 2.05) is 12.1 Å². The van der Waals surface area contributed by atoms with Gasteiger partial charge in [0.25, 0.3) is 0 Å². The van der Waals surface area contributed by atoms with E-state index in [-0.39, 0.29) is 17.6 Å². The second-order valence-electron chi connectivity index (χ2n) is 12.5.